The van der Waals surface area contributed by atoms with Gasteiger partial charge in [0.1, 0.15) is 0 Å². The van der Waals surface area contributed by atoms with Gasteiger partial charge in [-0.25, -0.2) is 0 Å². The summed E-state index contributed by atoms with van der Waals surface area (Å²) in [6.07, 6.45) is 12.2. The van der Waals surface area contributed by atoms with Gasteiger partial charge < -0.3 is 15.6 Å². The quantitative estimate of drug-likeness (QED) is 0.370. The first kappa shape index (κ1) is 17.9. The minimum Gasteiger partial charge on any atom is -0.368 e. The number of unbranched alkanes of at least 4 members (excludes halogenated alkanes) is 8. The van der Waals surface area contributed by atoms with Crippen LogP contribution in [-0.2, 0) is 4.74 Å². The van der Waals surface area contributed by atoms with Gasteiger partial charge in [-0.2, -0.15) is 0 Å². The molecule has 0 aromatic heterocycles. The van der Waals surface area contributed by atoms with Gasteiger partial charge in [0.25, 0.3) is 0 Å². The average Bonchev–Trinajstić information content (AvgIpc) is 2.37. The molecule has 3 nitrogen and oxygen atoms in total. The van der Waals surface area contributed by atoms with Crippen molar-refractivity contribution < 1.29 is 9.84 Å². The zero-order valence-electron chi connectivity index (χ0n) is 12.2. The fourth-order valence-corrected chi connectivity index (χ4v) is 2.00. The van der Waals surface area contributed by atoms with Crippen molar-refractivity contribution in [1.82, 2.24) is 0 Å². The monoisotopic (exact) mass is 259 g/mol. The Labute approximate surface area is 113 Å². The molecule has 0 amide bonds. The predicted octanol–water partition coefficient (Wildman–Crippen LogP) is 3.59. The van der Waals surface area contributed by atoms with Crippen molar-refractivity contribution in [3.05, 3.63) is 0 Å². The van der Waals surface area contributed by atoms with Crippen LogP contribution in [0.15, 0.2) is 0 Å². The summed E-state index contributed by atoms with van der Waals surface area (Å²) in [4.78, 5) is 0. The second kappa shape index (κ2) is 14.9. The molecule has 1 unspecified atom stereocenters. The summed E-state index contributed by atoms with van der Waals surface area (Å²) >= 11 is 0. The van der Waals surface area contributed by atoms with E-state index in [4.69, 9.17) is 10.5 Å². The smallest absolute Gasteiger partial charge is 0.154 e. The second-order valence-electron chi connectivity index (χ2n) is 5.08. The lowest BCUT2D eigenvalue weighted by atomic mass is 10.1. The van der Waals surface area contributed by atoms with E-state index in [1.165, 1.54) is 38.5 Å². The summed E-state index contributed by atoms with van der Waals surface area (Å²) in [5.41, 5.74) is 5.42. The highest BCUT2D eigenvalue weighted by atomic mass is 16.6. The maximum atomic E-state index is 9.60. The van der Waals surface area contributed by atoms with Crippen LogP contribution < -0.4 is 5.73 Å². The van der Waals surface area contributed by atoms with Gasteiger partial charge in [-0.1, -0.05) is 51.9 Å². The third-order valence-corrected chi connectivity index (χ3v) is 3.21. The van der Waals surface area contributed by atoms with E-state index in [9.17, 15) is 5.11 Å². The van der Waals surface area contributed by atoms with E-state index in [2.05, 4.69) is 6.92 Å². The number of hydrogen-bond donors (Lipinski definition) is 2. The SMILES string of the molecule is CCCCCCCCOC(O)CCCCCCN. The lowest BCUT2D eigenvalue weighted by Gasteiger charge is -2.11. The highest BCUT2D eigenvalue weighted by Crippen LogP contribution is 2.08. The van der Waals surface area contributed by atoms with Crippen molar-refractivity contribution in [2.24, 2.45) is 5.73 Å². The summed E-state index contributed by atoms with van der Waals surface area (Å²) < 4.78 is 5.39. The molecule has 18 heavy (non-hydrogen) atoms. The van der Waals surface area contributed by atoms with Crippen molar-refractivity contribution in [2.75, 3.05) is 13.2 Å². The molecule has 0 saturated carbocycles. The minimum absolute atomic E-state index is 0.557. The Kier molecular flexibility index (Phi) is 14.8. The summed E-state index contributed by atoms with van der Waals surface area (Å²) in [6.45, 7) is 3.71. The molecule has 0 saturated heterocycles. The first-order valence-corrected chi connectivity index (χ1v) is 7.81. The van der Waals surface area contributed by atoms with Crippen molar-refractivity contribution in [1.29, 1.82) is 0 Å². The molecule has 0 bridgehead atoms. The fourth-order valence-electron chi connectivity index (χ4n) is 2.00. The molecular formula is C15H33NO2. The molecule has 0 aliphatic carbocycles. The molecule has 3 heteroatoms. The minimum atomic E-state index is -0.557. The second-order valence-corrected chi connectivity index (χ2v) is 5.08. The van der Waals surface area contributed by atoms with E-state index in [0.29, 0.717) is 6.61 Å². The predicted molar refractivity (Wildman–Crippen MR) is 77.5 cm³/mol. The number of hydrogen-bond acceptors (Lipinski definition) is 3. The van der Waals surface area contributed by atoms with E-state index in [0.717, 1.165) is 38.6 Å². The van der Waals surface area contributed by atoms with E-state index in [1.54, 1.807) is 0 Å². The number of ether oxygens (including phenoxy) is 1. The Morgan fingerprint density at radius 3 is 2.22 bits per heavy atom. The van der Waals surface area contributed by atoms with Crippen LogP contribution in [0.2, 0.25) is 0 Å². The molecule has 0 aliphatic rings. The van der Waals surface area contributed by atoms with Crippen LogP contribution in [0.4, 0.5) is 0 Å². The molecule has 0 fully saturated rings. The third kappa shape index (κ3) is 13.9. The normalized spacial score (nSPS) is 12.8. The molecule has 0 rings (SSSR count). The lowest BCUT2D eigenvalue weighted by Crippen LogP contribution is -2.12. The Hall–Kier alpha value is -0.120. The van der Waals surface area contributed by atoms with Gasteiger partial charge in [0.15, 0.2) is 6.29 Å². The van der Waals surface area contributed by atoms with Crippen LogP contribution in [-0.4, -0.2) is 24.5 Å². The summed E-state index contributed by atoms with van der Waals surface area (Å²) in [5, 5.41) is 9.60. The van der Waals surface area contributed by atoms with Crippen molar-refractivity contribution in [3.63, 3.8) is 0 Å². The maximum Gasteiger partial charge on any atom is 0.154 e. The zero-order valence-corrected chi connectivity index (χ0v) is 12.2. The summed E-state index contributed by atoms with van der Waals surface area (Å²) in [7, 11) is 0. The van der Waals surface area contributed by atoms with Crippen molar-refractivity contribution >= 4 is 0 Å². The first-order valence-electron chi connectivity index (χ1n) is 7.81. The number of aliphatic hydroxyl groups is 1. The van der Waals surface area contributed by atoms with Crippen molar-refractivity contribution in [3.8, 4) is 0 Å². The average molecular weight is 259 g/mol. The van der Waals surface area contributed by atoms with Crippen LogP contribution in [0.1, 0.15) is 77.6 Å². The molecule has 0 radical (unpaired) electrons. The molecular weight excluding hydrogens is 226 g/mol. The Balaban J connectivity index is 3.09. The summed E-state index contributed by atoms with van der Waals surface area (Å²) in [5.74, 6) is 0. The van der Waals surface area contributed by atoms with Crippen molar-refractivity contribution in [2.45, 2.75) is 83.8 Å². The number of nitrogens with two attached hydrogens (primary N) is 1. The highest BCUT2D eigenvalue weighted by Gasteiger charge is 2.03. The maximum absolute atomic E-state index is 9.60. The lowest BCUT2D eigenvalue weighted by molar-refractivity contribution is -0.105. The van der Waals surface area contributed by atoms with E-state index in [1.807, 2.05) is 0 Å². The molecule has 0 aromatic rings. The molecule has 0 spiro atoms. The van der Waals surface area contributed by atoms with E-state index < -0.39 is 6.29 Å². The van der Waals surface area contributed by atoms with Crippen LogP contribution in [0.25, 0.3) is 0 Å². The van der Waals surface area contributed by atoms with Gasteiger partial charge >= 0.3 is 0 Å². The van der Waals surface area contributed by atoms with Gasteiger partial charge in [0.05, 0.1) is 0 Å². The fraction of sp³-hybridized carbons (Fsp3) is 1.00. The van der Waals surface area contributed by atoms with Gasteiger partial charge in [0.2, 0.25) is 0 Å². The van der Waals surface area contributed by atoms with Crippen LogP contribution in [0.5, 0.6) is 0 Å². The Morgan fingerprint density at radius 2 is 1.50 bits per heavy atom. The number of rotatable bonds is 14. The van der Waals surface area contributed by atoms with E-state index >= 15 is 0 Å². The molecule has 110 valence electrons. The zero-order chi connectivity index (χ0) is 13.5. The molecule has 0 heterocycles. The van der Waals surface area contributed by atoms with Gasteiger partial charge in [-0.3, -0.25) is 0 Å². The van der Waals surface area contributed by atoms with Crippen LogP contribution in [0.3, 0.4) is 0 Å². The topological polar surface area (TPSA) is 55.5 Å². The standard InChI is InChI=1S/C15H33NO2/c1-2-3-4-5-8-11-14-18-15(17)12-9-6-7-10-13-16/h15,17H,2-14,16H2,1H3. The Bertz CT molecular complexity index is 153. The van der Waals surface area contributed by atoms with Crippen LogP contribution >= 0.6 is 0 Å². The Morgan fingerprint density at radius 1 is 0.889 bits per heavy atom. The number of aliphatic hydroxyl groups excluding tert-OH is 1. The van der Waals surface area contributed by atoms with Crippen LogP contribution in [0, 0.1) is 0 Å². The highest BCUT2D eigenvalue weighted by molar-refractivity contribution is 4.48. The third-order valence-electron chi connectivity index (χ3n) is 3.21. The largest absolute Gasteiger partial charge is 0.368 e. The molecule has 3 N–H and O–H groups in total. The van der Waals surface area contributed by atoms with Gasteiger partial charge in [0, 0.05) is 6.61 Å². The molecule has 1 atom stereocenters. The van der Waals surface area contributed by atoms with Gasteiger partial charge in [-0.15, -0.1) is 0 Å². The van der Waals surface area contributed by atoms with E-state index in [-0.39, 0.29) is 0 Å². The first-order chi connectivity index (χ1) is 8.81. The molecule has 0 aromatic carbocycles. The molecule has 0 aliphatic heterocycles. The van der Waals surface area contributed by atoms with Gasteiger partial charge in [-0.05, 0) is 32.2 Å². The summed E-state index contributed by atoms with van der Waals surface area (Å²) in [6, 6.07) is 0.